The molecule has 0 amide bonds. The van der Waals surface area contributed by atoms with E-state index < -0.39 is 0 Å². The van der Waals surface area contributed by atoms with E-state index in [-0.39, 0.29) is 0 Å². The van der Waals surface area contributed by atoms with Crippen molar-refractivity contribution in [3.63, 3.8) is 0 Å². The van der Waals surface area contributed by atoms with Gasteiger partial charge in [-0.25, -0.2) is 0 Å². The highest BCUT2D eigenvalue weighted by molar-refractivity contribution is 5.76. The van der Waals surface area contributed by atoms with Crippen molar-refractivity contribution >= 4 is 0 Å². The first-order valence-corrected chi connectivity index (χ1v) is 6.70. The van der Waals surface area contributed by atoms with Gasteiger partial charge < -0.3 is 5.11 Å². The summed E-state index contributed by atoms with van der Waals surface area (Å²) in [6, 6.07) is 24.2. The number of phenolic OH excluding ortho intramolecular Hbond substituents is 1. The second kappa shape index (κ2) is 5.22. The summed E-state index contributed by atoms with van der Waals surface area (Å²) in [6.07, 6.45) is 0. The molecular weight excluding hydrogens is 244 g/mol. The Morgan fingerprint density at radius 3 is 1.85 bits per heavy atom. The zero-order valence-electron chi connectivity index (χ0n) is 11.4. The summed E-state index contributed by atoms with van der Waals surface area (Å²) in [5.41, 5.74) is 5.42. The second-order valence-electron chi connectivity index (χ2n) is 4.91. The van der Waals surface area contributed by atoms with Crippen LogP contribution < -0.4 is 0 Å². The minimum absolute atomic E-state index is 0.331. The lowest BCUT2D eigenvalue weighted by Crippen LogP contribution is -1.85. The van der Waals surface area contributed by atoms with Crippen molar-refractivity contribution in [2.45, 2.75) is 6.92 Å². The fourth-order valence-corrected chi connectivity index (χ4v) is 2.49. The Labute approximate surface area is 119 Å². The fourth-order valence-electron chi connectivity index (χ4n) is 2.49. The van der Waals surface area contributed by atoms with Gasteiger partial charge in [-0.1, -0.05) is 66.7 Å². The Bertz CT molecular complexity index is 692. The minimum Gasteiger partial charge on any atom is -0.507 e. The minimum atomic E-state index is 0.331. The van der Waals surface area contributed by atoms with E-state index in [1.165, 1.54) is 11.1 Å². The molecule has 0 bridgehead atoms. The molecule has 98 valence electrons. The van der Waals surface area contributed by atoms with Gasteiger partial charge in [0.2, 0.25) is 0 Å². The van der Waals surface area contributed by atoms with E-state index >= 15 is 0 Å². The summed E-state index contributed by atoms with van der Waals surface area (Å²) in [7, 11) is 0. The van der Waals surface area contributed by atoms with Crippen molar-refractivity contribution in [1.29, 1.82) is 0 Å². The first-order chi connectivity index (χ1) is 9.75. The van der Waals surface area contributed by atoms with Crippen LogP contribution >= 0.6 is 0 Å². The van der Waals surface area contributed by atoms with Gasteiger partial charge in [0, 0.05) is 5.56 Å². The largest absolute Gasteiger partial charge is 0.507 e. The van der Waals surface area contributed by atoms with Crippen LogP contribution in [-0.4, -0.2) is 5.11 Å². The van der Waals surface area contributed by atoms with Gasteiger partial charge in [-0.2, -0.15) is 0 Å². The number of benzene rings is 3. The van der Waals surface area contributed by atoms with Gasteiger partial charge >= 0.3 is 0 Å². The predicted molar refractivity (Wildman–Crippen MR) is 83.7 cm³/mol. The average molecular weight is 260 g/mol. The molecule has 0 heterocycles. The molecule has 0 aliphatic heterocycles. The van der Waals surface area contributed by atoms with Crippen LogP contribution in [0.3, 0.4) is 0 Å². The quantitative estimate of drug-likeness (QED) is 0.684. The van der Waals surface area contributed by atoms with Crippen molar-refractivity contribution in [2.24, 2.45) is 0 Å². The molecule has 0 aliphatic rings. The molecule has 0 spiro atoms. The Hall–Kier alpha value is -2.54. The van der Waals surface area contributed by atoms with Crippen LogP contribution in [0.25, 0.3) is 22.3 Å². The lowest BCUT2D eigenvalue weighted by molar-refractivity contribution is 0.477. The number of phenols is 1. The molecule has 0 unspecified atom stereocenters. The lowest BCUT2D eigenvalue weighted by atomic mass is 9.97. The maximum absolute atomic E-state index is 10.0. The van der Waals surface area contributed by atoms with E-state index in [1.807, 2.05) is 37.3 Å². The van der Waals surface area contributed by atoms with E-state index in [1.54, 1.807) is 6.07 Å². The van der Waals surface area contributed by atoms with Gasteiger partial charge in [-0.05, 0) is 35.2 Å². The van der Waals surface area contributed by atoms with Crippen molar-refractivity contribution in [2.75, 3.05) is 0 Å². The highest BCUT2D eigenvalue weighted by Crippen LogP contribution is 2.33. The molecule has 1 nitrogen and oxygen atoms in total. The number of hydrogen-bond acceptors (Lipinski definition) is 1. The zero-order valence-corrected chi connectivity index (χ0v) is 11.4. The van der Waals surface area contributed by atoms with Crippen LogP contribution in [0.1, 0.15) is 5.56 Å². The topological polar surface area (TPSA) is 20.2 Å². The van der Waals surface area contributed by atoms with E-state index in [0.29, 0.717) is 5.75 Å². The Kier molecular flexibility index (Phi) is 3.26. The second-order valence-corrected chi connectivity index (χ2v) is 4.91. The van der Waals surface area contributed by atoms with E-state index in [4.69, 9.17) is 0 Å². The normalized spacial score (nSPS) is 10.4. The standard InChI is InChI=1S/C19H16O/c1-14-6-5-9-18(20)19(14)17-12-10-16(11-13-17)15-7-3-2-4-8-15/h2-13,20H,1H3. The highest BCUT2D eigenvalue weighted by Gasteiger charge is 2.07. The van der Waals surface area contributed by atoms with Crippen molar-refractivity contribution in [3.05, 3.63) is 78.4 Å². The number of hydrogen-bond donors (Lipinski definition) is 1. The molecule has 1 N–H and O–H groups in total. The summed E-state index contributed by atoms with van der Waals surface area (Å²) in [4.78, 5) is 0. The third-order valence-electron chi connectivity index (χ3n) is 3.53. The summed E-state index contributed by atoms with van der Waals surface area (Å²) in [5.74, 6) is 0.331. The van der Waals surface area contributed by atoms with Crippen LogP contribution in [0.2, 0.25) is 0 Å². The molecule has 20 heavy (non-hydrogen) atoms. The fraction of sp³-hybridized carbons (Fsp3) is 0.0526. The number of rotatable bonds is 2. The zero-order chi connectivity index (χ0) is 13.9. The molecule has 0 aromatic heterocycles. The molecule has 0 saturated carbocycles. The van der Waals surface area contributed by atoms with Crippen molar-refractivity contribution in [3.8, 4) is 28.0 Å². The van der Waals surface area contributed by atoms with Gasteiger partial charge in [-0.3, -0.25) is 0 Å². The van der Waals surface area contributed by atoms with Gasteiger partial charge in [-0.15, -0.1) is 0 Å². The summed E-state index contributed by atoms with van der Waals surface area (Å²) >= 11 is 0. The van der Waals surface area contributed by atoms with Crippen LogP contribution in [0.4, 0.5) is 0 Å². The molecule has 0 fully saturated rings. The molecule has 0 radical (unpaired) electrons. The third kappa shape index (κ3) is 2.30. The molecule has 1 heteroatoms. The van der Waals surface area contributed by atoms with E-state index in [0.717, 1.165) is 16.7 Å². The van der Waals surface area contributed by atoms with Gasteiger partial charge in [0.15, 0.2) is 0 Å². The molecular formula is C19H16O. The summed E-state index contributed by atoms with van der Waals surface area (Å²) in [6.45, 7) is 2.01. The number of aryl methyl sites for hydroxylation is 1. The van der Waals surface area contributed by atoms with Crippen LogP contribution in [0.5, 0.6) is 5.75 Å². The maximum atomic E-state index is 10.0. The molecule has 3 rings (SSSR count). The van der Waals surface area contributed by atoms with Crippen molar-refractivity contribution in [1.82, 2.24) is 0 Å². The summed E-state index contributed by atoms with van der Waals surface area (Å²) in [5, 5.41) is 10.0. The summed E-state index contributed by atoms with van der Waals surface area (Å²) < 4.78 is 0. The Balaban J connectivity index is 2.02. The number of aromatic hydroxyl groups is 1. The Morgan fingerprint density at radius 1 is 0.600 bits per heavy atom. The van der Waals surface area contributed by atoms with E-state index in [9.17, 15) is 5.11 Å². The molecule has 3 aromatic carbocycles. The monoisotopic (exact) mass is 260 g/mol. The molecule has 0 atom stereocenters. The van der Waals surface area contributed by atoms with Gasteiger partial charge in [0.05, 0.1) is 0 Å². The molecule has 0 aliphatic carbocycles. The van der Waals surface area contributed by atoms with Gasteiger partial charge in [0.1, 0.15) is 5.75 Å². The lowest BCUT2D eigenvalue weighted by Gasteiger charge is -2.09. The molecule has 3 aromatic rings. The first kappa shape index (κ1) is 12.5. The van der Waals surface area contributed by atoms with Crippen LogP contribution in [0, 0.1) is 6.92 Å². The average Bonchev–Trinajstić information content (AvgIpc) is 2.49. The van der Waals surface area contributed by atoms with Crippen LogP contribution in [0.15, 0.2) is 72.8 Å². The van der Waals surface area contributed by atoms with Crippen LogP contribution in [-0.2, 0) is 0 Å². The van der Waals surface area contributed by atoms with Gasteiger partial charge in [0.25, 0.3) is 0 Å². The SMILES string of the molecule is Cc1cccc(O)c1-c1ccc(-c2ccccc2)cc1. The Morgan fingerprint density at radius 2 is 1.20 bits per heavy atom. The smallest absolute Gasteiger partial charge is 0.123 e. The molecule has 0 saturated heterocycles. The van der Waals surface area contributed by atoms with Crippen molar-refractivity contribution < 1.29 is 5.11 Å². The maximum Gasteiger partial charge on any atom is 0.123 e. The van der Waals surface area contributed by atoms with E-state index in [2.05, 4.69) is 36.4 Å². The highest BCUT2D eigenvalue weighted by atomic mass is 16.3. The third-order valence-corrected chi connectivity index (χ3v) is 3.53. The predicted octanol–water partition coefficient (Wildman–Crippen LogP) is 5.03. The first-order valence-electron chi connectivity index (χ1n) is 6.70.